The van der Waals surface area contributed by atoms with Crippen molar-refractivity contribution in [3.8, 4) is 0 Å². The fraction of sp³-hybridized carbons (Fsp3) is 0.867. The molecule has 2 aliphatic rings. The minimum Gasteiger partial charge on any atom is -0.481 e. The first-order valence-electron chi connectivity index (χ1n) is 7.63. The third kappa shape index (κ3) is 2.43. The van der Waals surface area contributed by atoms with E-state index in [9.17, 15) is 14.7 Å². The minimum absolute atomic E-state index is 0.0119. The second kappa shape index (κ2) is 5.35. The van der Waals surface area contributed by atoms with Gasteiger partial charge in [0.05, 0.1) is 11.0 Å². The summed E-state index contributed by atoms with van der Waals surface area (Å²) >= 11 is 0. The summed E-state index contributed by atoms with van der Waals surface area (Å²) in [4.78, 5) is 26.0. The number of carbonyl (C=O) groups is 2. The largest absolute Gasteiger partial charge is 0.481 e. The van der Waals surface area contributed by atoms with Gasteiger partial charge >= 0.3 is 5.97 Å². The molecule has 1 unspecified atom stereocenters. The van der Waals surface area contributed by atoms with Crippen molar-refractivity contribution < 1.29 is 14.7 Å². The molecule has 3 N–H and O–H groups in total. The predicted molar refractivity (Wildman–Crippen MR) is 76.1 cm³/mol. The molecule has 2 rings (SSSR count). The van der Waals surface area contributed by atoms with Gasteiger partial charge in [0.2, 0.25) is 5.91 Å². The number of carboxylic acids is 1. The molecule has 0 aromatic heterocycles. The first-order valence-corrected chi connectivity index (χ1v) is 7.63. The zero-order valence-corrected chi connectivity index (χ0v) is 12.5. The van der Waals surface area contributed by atoms with Gasteiger partial charge in [0.1, 0.15) is 0 Å². The maximum atomic E-state index is 12.7. The maximum absolute atomic E-state index is 12.7. The Labute approximate surface area is 120 Å². The lowest BCUT2D eigenvalue weighted by molar-refractivity contribution is -0.151. The van der Waals surface area contributed by atoms with Crippen molar-refractivity contribution >= 4 is 11.9 Å². The number of hydrogen-bond acceptors (Lipinski definition) is 3. The predicted octanol–water partition coefficient (Wildman–Crippen LogP) is 1.61. The van der Waals surface area contributed by atoms with Crippen LogP contribution in [0.15, 0.2) is 0 Å². The Balaban J connectivity index is 2.12. The zero-order chi connectivity index (χ0) is 15.0. The Bertz CT molecular complexity index is 402. The van der Waals surface area contributed by atoms with Crippen molar-refractivity contribution in [2.24, 2.45) is 17.1 Å². The van der Waals surface area contributed by atoms with Gasteiger partial charge in [-0.15, -0.1) is 0 Å². The number of hydrogen-bond donors (Lipinski definition) is 2. The average Bonchev–Trinajstić information content (AvgIpc) is 2.85. The van der Waals surface area contributed by atoms with Crippen molar-refractivity contribution in [2.75, 3.05) is 13.1 Å². The van der Waals surface area contributed by atoms with Gasteiger partial charge in [-0.2, -0.15) is 0 Å². The van der Waals surface area contributed by atoms with E-state index in [1.807, 2.05) is 13.8 Å². The third-order valence-electron chi connectivity index (χ3n) is 5.29. The Morgan fingerprint density at radius 1 is 1.15 bits per heavy atom. The molecule has 114 valence electrons. The fourth-order valence-corrected chi connectivity index (χ4v) is 3.61. The van der Waals surface area contributed by atoms with E-state index >= 15 is 0 Å². The zero-order valence-electron chi connectivity index (χ0n) is 12.5. The van der Waals surface area contributed by atoms with E-state index in [4.69, 9.17) is 5.73 Å². The molecule has 1 aliphatic carbocycles. The Morgan fingerprint density at radius 3 is 2.20 bits per heavy atom. The van der Waals surface area contributed by atoms with Gasteiger partial charge in [0.15, 0.2) is 0 Å². The normalized spacial score (nSPS) is 29.7. The molecule has 0 aromatic carbocycles. The minimum atomic E-state index is -0.805. The smallest absolute Gasteiger partial charge is 0.311 e. The van der Waals surface area contributed by atoms with E-state index in [0.29, 0.717) is 19.5 Å². The van der Waals surface area contributed by atoms with E-state index in [2.05, 4.69) is 0 Å². The van der Waals surface area contributed by atoms with E-state index in [0.717, 1.165) is 32.1 Å². The molecule has 1 heterocycles. The molecule has 1 saturated carbocycles. The highest BCUT2D eigenvalue weighted by Gasteiger charge is 2.51. The highest BCUT2D eigenvalue weighted by molar-refractivity contribution is 5.88. The Kier molecular flexibility index (Phi) is 4.09. The second-order valence-electron chi connectivity index (χ2n) is 6.81. The van der Waals surface area contributed by atoms with Crippen molar-refractivity contribution in [1.29, 1.82) is 0 Å². The van der Waals surface area contributed by atoms with E-state index in [1.165, 1.54) is 0 Å². The van der Waals surface area contributed by atoms with E-state index < -0.39 is 16.9 Å². The molecule has 1 saturated heterocycles. The van der Waals surface area contributed by atoms with Crippen molar-refractivity contribution in [3.63, 3.8) is 0 Å². The van der Waals surface area contributed by atoms with Gasteiger partial charge in [-0.3, -0.25) is 9.59 Å². The van der Waals surface area contributed by atoms with Crippen LogP contribution >= 0.6 is 0 Å². The van der Waals surface area contributed by atoms with Gasteiger partial charge in [-0.05, 0) is 25.2 Å². The Morgan fingerprint density at radius 2 is 1.75 bits per heavy atom. The quantitative estimate of drug-likeness (QED) is 0.823. The van der Waals surface area contributed by atoms with Crippen molar-refractivity contribution in [1.82, 2.24) is 4.90 Å². The molecule has 1 aliphatic heterocycles. The first kappa shape index (κ1) is 15.3. The van der Waals surface area contributed by atoms with Crippen LogP contribution in [0.2, 0.25) is 0 Å². The number of nitrogens with zero attached hydrogens (tertiary/aromatic N) is 1. The summed E-state index contributed by atoms with van der Waals surface area (Å²) < 4.78 is 0. The molecule has 0 bridgehead atoms. The second-order valence-corrected chi connectivity index (χ2v) is 6.81. The van der Waals surface area contributed by atoms with Crippen LogP contribution in [-0.4, -0.2) is 40.5 Å². The summed E-state index contributed by atoms with van der Waals surface area (Å²) in [5, 5.41) is 9.54. The van der Waals surface area contributed by atoms with Crippen molar-refractivity contribution in [3.05, 3.63) is 0 Å². The molecule has 1 amide bonds. The summed E-state index contributed by atoms with van der Waals surface area (Å²) in [6.07, 6.45) is 5.10. The van der Waals surface area contributed by atoms with Gasteiger partial charge in [0.25, 0.3) is 0 Å². The summed E-state index contributed by atoms with van der Waals surface area (Å²) in [7, 11) is 0. The lowest BCUT2D eigenvalue weighted by Crippen LogP contribution is -2.56. The highest BCUT2D eigenvalue weighted by Crippen LogP contribution is 2.40. The molecule has 5 nitrogen and oxygen atoms in total. The summed E-state index contributed by atoms with van der Waals surface area (Å²) in [5.74, 6) is -0.823. The number of carbonyl (C=O) groups excluding carboxylic acids is 1. The SMILES string of the molecule is CC(C)C1(C(=O)O)CCN(C(=O)C2(N)CCCCC2)C1. The lowest BCUT2D eigenvalue weighted by atomic mass is 9.76. The van der Waals surface area contributed by atoms with Crippen molar-refractivity contribution in [2.45, 2.75) is 57.9 Å². The number of carboxylic acid groups (broad SMARTS) is 1. The number of amides is 1. The number of rotatable bonds is 3. The maximum Gasteiger partial charge on any atom is 0.311 e. The molecule has 20 heavy (non-hydrogen) atoms. The third-order valence-corrected chi connectivity index (χ3v) is 5.29. The first-order chi connectivity index (χ1) is 9.32. The summed E-state index contributed by atoms with van der Waals surface area (Å²) in [6, 6.07) is 0. The molecule has 0 radical (unpaired) electrons. The number of likely N-dealkylation sites (tertiary alicyclic amines) is 1. The molecule has 2 fully saturated rings. The van der Waals surface area contributed by atoms with Gasteiger partial charge < -0.3 is 15.7 Å². The van der Waals surface area contributed by atoms with E-state index in [-0.39, 0.29) is 11.8 Å². The monoisotopic (exact) mass is 282 g/mol. The highest BCUT2D eigenvalue weighted by atomic mass is 16.4. The van der Waals surface area contributed by atoms with Crippen LogP contribution in [0.1, 0.15) is 52.4 Å². The lowest BCUT2D eigenvalue weighted by Gasteiger charge is -2.36. The fourth-order valence-electron chi connectivity index (χ4n) is 3.61. The standard InChI is InChI=1S/C15H26N2O3/c1-11(2)14(13(19)20)8-9-17(10-14)12(18)15(16)6-4-3-5-7-15/h11H,3-10,16H2,1-2H3,(H,19,20). The number of nitrogens with two attached hydrogens (primary N) is 1. The summed E-state index contributed by atoms with van der Waals surface area (Å²) in [5.41, 5.74) is 4.72. The van der Waals surface area contributed by atoms with Gasteiger partial charge in [-0.25, -0.2) is 0 Å². The average molecular weight is 282 g/mol. The van der Waals surface area contributed by atoms with Gasteiger partial charge in [0, 0.05) is 13.1 Å². The van der Waals surface area contributed by atoms with Gasteiger partial charge in [-0.1, -0.05) is 33.1 Å². The van der Waals surface area contributed by atoms with Crippen LogP contribution in [-0.2, 0) is 9.59 Å². The van der Waals surface area contributed by atoms with Crippen LogP contribution < -0.4 is 5.73 Å². The summed E-state index contributed by atoms with van der Waals surface area (Å²) in [6.45, 7) is 4.65. The molecule has 0 spiro atoms. The molecule has 5 heteroatoms. The van der Waals surface area contributed by atoms with Crippen LogP contribution in [0.25, 0.3) is 0 Å². The van der Waals surface area contributed by atoms with Crippen LogP contribution in [0.4, 0.5) is 0 Å². The van der Waals surface area contributed by atoms with Crippen LogP contribution in [0, 0.1) is 11.3 Å². The topological polar surface area (TPSA) is 83.6 Å². The molecular weight excluding hydrogens is 256 g/mol. The van der Waals surface area contributed by atoms with E-state index in [1.54, 1.807) is 4.90 Å². The number of aliphatic carboxylic acids is 1. The molecule has 0 aromatic rings. The van der Waals surface area contributed by atoms with Crippen LogP contribution in [0.5, 0.6) is 0 Å². The Hall–Kier alpha value is -1.10. The molecule has 1 atom stereocenters. The van der Waals surface area contributed by atoms with Crippen LogP contribution in [0.3, 0.4) is 0 Å². The molecular formula is C15H26N2O3.